The van der Waals surface area contributed by atoms with Gasteiger partial charge in [0.25, 0.3) is 0 Å². The largest absolute Gasteiger partial charge is 0.389 e. The zero-order chi connectivity index (χ0) is 15.5. The van der Waals surface area contributed by atoms with Gasteiger partial charge < -0.3 is 10.0 Å². The number of aryl methyl sites for hydroxylation is 1. The molecular formula is C17H26N2O2. The summed E-state index contributed by atoms with van der Waals surface area (Å²) in [6, 6.07) is 8.05. The van der Waals surface area contributed by atoms with E-state index in [4.69, 9.17) is 0 Å². The highest BCUT2D eigenvalue weighted by molar-refractivity contribution is 5.79. The van der Waals surface area contributed by atoms with Gasteiger partial charge >= 0.3 is 0 Å². The van der Waals surface area contributed by atoms with Crippen LogP contribution in [0.4, 0.5) is 0 Å². The molecular weight excluding hydrogens is 264 g/mol. The predicted molar refractivity (Wildman–Crippen MR) is 84.2 cm³/mol. The van der Waals surface area contributed by atoms with Gasteiger partial charge in [-0.2, -0.15) is 0 Å². The maximum absolute atomic E-state index is 12.4. The average molecular weight is 290 g/mol. The molecule has 21 heavy (non-hydrogen) atoms. The second-order valence-electron chi connectivity index (χ2n) is 6.57. The minimum atomic E-state index is -0.673. The van der Waals surface area contributed by atoms with E-state index < -0.39 is 5.60 Å². The maximum Gasteiger partial charge on any atom is 0.227 e. The number of carbonyl (C=O) groups excluding carboxylic acids is 1. The Morgan fingerprint density at radius 3 is 2.38 bits per heavy atom. The van der Waals surface area contributed by atoms with Crippen molar-refractivity contribution in [3.8, 4) is 0 Å². The number of aliphatic hydroxyl groups is 1. The molecule has 4 nitrogen and oxygen atoms in total. The molecule has 0 radical (unpaired) electrons. The molecule has 1 aromatic carbocycles. The van der Waals surface area contributed by atoms with Gasteiger partial charge in [-0.15, -0.1) is 0 Å². The molecule has 0 atom stereocenters. The fourth-order valence-electron chi connectivity index (χ4n) is 2.79. The van der Waals surface area contributed by atoms with Crippen molar-refractivity contribution in [2.75, 3.05) is 32.7 Å². The molecule has 4 heteroatoms. The van der Waals surface area contributed by atoms with E-state index in [0.717, 1.165) is 31.7 Å². The average Bonchev–Trinajstić information content (AvgIpc) is 2.40. The first-order valence-electron chi connectivity index (χ1n) is 7.62. The van der Waals surface area contributed by atoms with Gasteiger partial charge in [0.15, 0.2) is 0 Å². The molecule has 0 aromatic heterocycles. The van der Waals surface area contributed by atoms with E-state index >= 15 is 0 Å². The third-order valence-corrected chi connectivity index (χ3v) is 3.94. The SMILES string of the molecule is Cc1ccccc1CC(=O)N1CCN(CC(C)(C)O)CC1. The van der Waals surface area contributed by atoms with Crippen LogP contribution in [0.15, 0.2) is 24.3 Å². The van der Waals surface area contributed by atoms with Gasteiger partial charge in [0.1, 0.15) is 0 Å². The van der Waals surface area contributed by atoms with Crippen LogP contribution in [0.25, 0.3) is 0 Å². The van der Waals surface area contributed by atoms with Crippen LogP contribution in [0.3, 0.4) is 0 Å². The standard InChI is InChI=1S/C17H26N2O2/c1-14-6-4-5-7-15(14)12-16(20)19-10-8-18(9-11-19)13-17(2,3)21/h4-7,21H,8-13H2,1-3H3. The van der Waals surface area contributed by atoms with Crippen molar-refractivity contribution in [2.24, 2.45) is 0 Å². The van der Waals surface area contributed by atoms with Gasteiger partial charge in [-0.1, -0.05) is 24.3 Å². The van der Waals surface area contributed by atoms with E-state index in [1.807, 2.05) is 49.9 Å². The number of benzene rings is 1. The maximum atomic E-state index is 12.4. The molecule has 1 amide bonds. The van der Waals surface area contributed by atoms with E-state index in [2.05, 4.69) is 4.90 Å². The van der Waals surface area contributed by atoms with E-state index in [0.29, 0.717) is 13.0 Å². The summed E-state index contributed by atoms with van der Waals surface area (Å²) in [5.41, 5.74) is 1.61. The number of piperazine rings is 1. The van der Waals surface area contributed by atoms with Gasteiger partial charge in [-0.25, -0.2) is 0 Å². The lowest BCUT2D eigenvalue weighted by Gasteiger charge is -2.37. The first kappa shape index (κ1) is 16.0. The van der Waals surface area contributed by atoms with Crippen molar-refractivity contribution in [2.45, 2.75) is 32.8 Å². The molecule has 0 bridgehead atoms. The molecule has 1 aromatic rings. The third kappa shape index (κ3) is 4.83. The molecule has 1 heterocycles. The third-order valence-electron chi connectivity index (χ3n) is 3.94. The highest BCUT2D eigenvalue weighted by atomic mass is 16.3. The minimum Gasteiger partial charge on any atom is -0.389 e. The Morgan fingerprint density at radius 2 is 1.81 bits per heavy atom. The summed E-state index contributed by atoms with van der Waals surface area (Å²) in [6.45, 7) is 9.52. The summed E-state index contributed by atoms with van der Waals surface area (Å²) in [6.07, 6.45) is 0.484. The van der Waals surface area contributed by atoms with Crippen molar-refractivity contribution in [1.82, 2.24) is 9.80 Å². The van der Waals surface area contributed by atoms with Gasteiger partial charge in [0, 0.05) is 32.7 Å². The fourth-order valence-corrected chi connectivity index (χ4v) is 2.79. The Labute approximate surface area is 127 Å². The predicted octanol–water partition coefficient (Wildman–Crippen LogP) is 1.45. The second-order valence-corrected chi connectivity index (χ2v) is 6.57. The molecule has 1 fully saturated rings. The Morgan fingerprint density at radius 1 is 1.19 bits per heavy atom. The summed E-state index contributed by atoms with van der Waals surface area (Å²) >= 11 is 0. The Balaban J connectivity index is 1.85. The van der Waals surface area contributed by atoms with Crippen LogP contribution >= 0.6 is 0 Å². The zero-order valence-electron chi connectivity index (χ0n) is 13.3. The zero-order valence-corrected chi connectivity index (χ0v) is 13.3. The number of hydrogen-bond acceptors (Lipinski definition) is 3. The van der Waals surface area contributed by atoms with Gasteiger partial charge in [0.05, 0.1) is 12.0 Å². The smallest absolute Gasteiger partial charge is 0.227 e. The van der Waals surface area contributed by atoms with Crippen molar-refractivity contribution in [3.63, 3.8) is 0 Å². The molecule has 0 spiro atoms. The second kappa shape index (κ2) is 6.58. The van der Waals surface area contributed by atoms with Crippen LogP contribution in [0.2, 0.25) is 0 Å². The van der Waals surface area contributed by atoms with Gasteiger partial charge in [-0.3, -0.25) is 9.69 Å². The highest BCUT2D eigenvalue weighted by Gasteiger charge is 2.25. The Bertz CT molecular complexity index is 486. The molecule has 1 aliphatic rings. The van der Waals surface area contributed by atoms with E-state index in [9.17, 15) is 9.90 Å². The van der Waals surface area contributed by atoms with Gasteiger partial charge in [0.2, 0.25) is 5.91 Å². The molecule has 0 unspecified atom stereocenters. The molecule has 1 aliphatic heterocycles. The molecule has 0 saturated carbocycles. The number of nitrogens with zero attached hydrogens (tertiary/aromatic N) is 2. The van der Waals surface area contributed by atoms with Crippen LogP contribution < -0.4 is 0 Å². The number of β-amino-alcohol motifs (C(OH)–C–C–N with tert-alkyl or cyclic N) is 1. The Kier molecular flexibility index (Phi) is 5.01. The highest BCUT2D eigenvalue weighted by Crippen LogP contribution is 2.12. The Hall–Kier alpha value is -1.39. The lowest BCUT2D eigenvalue weighted by molar-refractivity contribution is -0.132. The van der Waals surface area contributed by atoms with Crippen LogP contribution in [0.1, 0.15) is 25.0 Å². The number of amides is 1. The van der Waals surface area contributed by atoms with E-state index in [1.54, 1.807) is 0 Å². The molecule has 1 saturated heterocycles. The minimum absolute atomic E-state index is 0.201. The number of hydrogen-bond donors (Lipinski definition) is 1. The lowest BCUT2D eigenvalue weighted by Crippen LogP contribution is -2.52. The van der Waals surface area contributed by atoms with Crippen molar-refractivity contribution < 1.29 is 9.90 Å². The van der Waals surface area contributed by atoms with Crippen LogP contribution in [0.5, 0.6) is 0 Å². The molecule has 1 N–H and O–H groups in total. The number of carbonyl (C=O) groups is 1. The van der Waals surface area contributed by atoms with Crippen molar-refractivity contribution >= 4 is 5.91 Å². The summed E-state index contributed by atoms with van der Waals surface area (Å²) < 4.78 is 0. The molecule has 2 rings (SSSR count). The van der Waals surface area contributed by atoms with Crippen molar-refractivity contribution in [1.29, 1.82) is 0 Å². The molecule has 0 aliphatic carbocycles. The van der Waals surface area contributed by atoms with Crippen molar-refractivity contribution in [3.05, 3.63) is 35.4 Å². The summed E-state index contributed by atoms with van der Waals surface area (Å²) in [5.74, 6) is 0.201. The van der Waals surface area contributed by atoms with Crippen LogP contribution in [-0.4, -0.2) is 59.1 Å². The summed E-state index contributed by atoms with van der Waals surface area (Å²) in [7, 11) is 0. The first-order valence-corrected chi connectivity index (χ1v) is 7.62. The normalized spacial score (nSPS) is 17.0. The lowest BCUT2D eigenvalue weighted by atomic mass is 10.0. The topological polar surface area (TPSA) is 43.8 Å². The van der Waals surface area contributed by atoms with E-state index in [1.165, 1.54) is 5.56 Å². The summed E-state index contributed by atoms with van der Waals surface area (Å²) in [5, 5.41) is 9.85. The summed E-state index contributed by atoms with van der Waals surface area (Å²) in [4.78, 5) is 16.5. The quantitative estimate of drug-likeness (QED) is 0.913. The first-order chi connectivity index (χ1) is 9.85. The van der Waals surface area contributed by atoms with Gasteiger partial charge in [-0.05, 0) is 31.9 Å². The monoisotopic (exact) mass is 290 g/mol. The van der Waals surface area contributed by atoms with Crippen LogP contribution in [-0.2, 0) is 11.2 Å². The van der Waals surface area contributed by atoms with Crippen LogP contribution in [0, 0.1) is 6.92 Å². The number of rotatable bonds is 4. The molecule has 116 valence electrons. The van der Waals surface area contributed by atoms with E-state index in [-0.39, 0.29) is 5.91 Å². The fraction of sp³-hybridized carbons (Fsp3) is 0.588.